The lowest BCUT2D eigenvalue weighted by Crippen LogP contribution is -2.12. The van der Waals surface area contributed by atoms with Crippen molar-refractivity contribution in [2.75, 3.05) is 27.6 Å². The zero-order valence-electron chi connectivity index (χ0n) is 25.8. The van der Waals surface area contributed by atoms with Crippen LogP contribution in [-0.4, -0.2) is 43.1 Å². The lowest BCUT2D eigenvalue weighted by atomic mass is 10.0. The van der Waals surface area contributed by atoms with Gasteiger partial charge in [0.15, 0.2) is 11.5 Å². The van der Waals surface area contributed by atoms with E-state index in [-0.39, 0.29) is 25.7 Å². The highest BCUT2D eigenvalue weighted by Gasteiger charge is 2.24. The van der Waals surface area contributed by atoms with E-state index >= 15 is 0 Å². The molecule has 4 aromatic rings. The molecule has 0 amide bonds. The Balaban J connectivity index is 1.62. The van der Waals surface area contributed by atoms with Gasteiger partial charge in [0, 0.05) is 35.6 Å². The number of esters is 1. The number of ether oxygens (including phenoxy) is 6. The highest BCUT2D eigenvalue weighted by molar-refractivity contribution is 5.94. The molecular weight excluding hydrogens is 560 g/mol. The topological polar surface area (TPSA) is 90.3 Å². The summed E-state index contributed by atoms with van der Waals surface area (Å²) in [7, 11) is 3.21. The van der Waals surface area contributed by atoms with Crippen LogP contribution in [0, 0.1) is 0 Å². The van der Waals surface area contributed by atoms with Crippen LogP contribution >= 0.6 is 0 Å². The molecule has 1 atom stereocenters. The van der Waals surface area contributed by atoms with Crippen molar-refractivity contribution in [2.24, 2.45) is 0 Å². The number of fused-ring (bicyclic) bond motifs is 1. The average molecular weight is 599 g/mol. The van der Waals surface area contributed by atoms with Gasteiger partial charge < -0.3 is 28.4 Å². The van der Waals surface area contributed by atoms with E-state index in [0.29, 0.717) is 46.6 Å². The largest absolute Gasteiger partial charge is 0.497 e. The van der Waals surface area contributed by atoms with Gasteiger partial charge in [-0.3, -0.25) is 4.57 Å². The number of benzene rings is 3. The summed E-state index contributed by atoms with van der Waals surface area (Å²) in [6.07, 6.45) is 4.72. The van der Waals surface area contributed by atoms with E-state index in [9.17, 15) is 4.79 Å². The first-order valence-electron chi connectivity index (χ1n) is 14.7. The van der Waals surface area contributed by atoms with Crippen LogP contribution in [0.3, 0.4) is 0 Å². The Hall–Kier alpha value is -4.92. The summed E-state index contributed by atoms with van der Waals surface area (Å²) in [5.41, 5.74) is 3.72. The van der Waals surface area contributed by atoms with Crippen LogP contribution in [0.15, 0.2) is 72.4 Å². The summed E-state index contributed by atoms with van der Waals surface area (Å²) in [4.78, 5) is 18.2. The number of hydrogen-bond donors (Lipinski definition) is 0. The zero-order chi connectivity index (χ0) is 31.1. The molecule has 1 aliphatic rings. The molecule has 0 bridgehead atoms. The molecule has 1 unspecified atom stereocenters. The van der Waals surface area contributed by atoms with Gasteiger partial charge in [-0.25, -0.2) is 9.78 Å². The van der Waals surface area contributed by atoms with Crippen molar-refractivity contribution in [1.29, 1.82) is 0 Å². The molecule has 1 aliphatic heterocycles. The van der Waals surface area contributed by atoms with Crippen LogP contribution in [0.4, 0.5) is 0 Å². The number of nitrogens with zero attached hydrogens (tertiary/aromatic N) is 2. The van der Waals surface area contributed by atoms with Crippen molar-refractivity contribution in [3.63, 3.8) is 0 Å². The highest BCUT2D eigenvalue weighted by Crippen LogP contribution is 2.39. The lowest BCUT2D eigenvalue weighted by Gasteiger charge is -2.19. The van der Waals surface area contributed by atoms with Crippen LogP contribution in [0.25, 0.3) is 11.8 Å². The molecule has 0 aliphatic carbocycles. The minimum atomic E-state index is -0.430. The van der Waals surface area contributed by atoms with Crippen LogP contribution < -0.4 is 23.7 Å². The maximum absolute atomic E-state index is 13.4. The van der Waals surface area contributed by atoms with Crippen LogP contribution in [0.5, 0.6) is 28.7 Å². The quantitative estimate of drug-likeness (QED) is 0.121. The monoisotopic (exact) mass is 598 g/mol. The van der Waals surface area contributed by atoms with E-state index in [1.165, 1.54) is 0 Å². The molecule has 0 saturated heterocycles. The molecule has 0 radical (unpaired) electrons. The van der Waals surface area contributed by atoms with Gasteiger partial charge in [-0.2, -0.15) is 0 Å². The van der Waals surface area contributed by atoms with Crippen LogP contribution in [0.2, 0.25) is 0 Å². The lowest BCUT2D eigenvalue weighted by molar-refractivity contribution is -0.138. The molecule has 9 heteroatoms. The second-order valence-corrected chi connectivity index (χ2v) is 10.4. The van der Waals surface area contributed by atoms with Gasteiger partial charge in [0.25, 0.3) is 0 Å². The molecular formula is C35H38N2O7. The number of imidazole rings is 1. The highest BCUT2D eigenvalue weighted by atomic mass is 16.7. The first kappa shape index (κ1) is 30.5. The maximum Gasteiger partial charge on any atom is 0.334 e. The number of carbonyl (C=O) groups is 1. The third kappa shape index (κ3) is 6.67. The van der Waals surface area contributed by atoms with E-state index in [0.717, 1.165) is 29.1 Å². The Morgan fingerprint density at radius 1 is 1.00 bits per heavy atom. The van der Waals surface area contributed by atoms with Crippen molar-refractivity contribution < 1.29 is 33.2 Å². The van der Waals surface area contributed by atoms with Gasteiger partial charge >= 0.3 is 5.97 Å². The van der Waals surface area contributed by atoms with Crippen LogP contribution in [0.1, 0.15) is 55.8 Å². The smallest absolute Gasteiger partial charge is 0.334 e. The molecule has 230 valence electrons. The predicted molar refractivity (Wildman–Crippen MR) is 167 cm³/mol. The van der Waals surface area contributed by atoms with Crippen LogP contribution in [-0.2, 0) is 22.6 Å². The summed E-state index contributed by atoms with van der Waals surface area (Å²) in [6, 6.07) is 19.3. The molecule has 0 spiro atoms. The predicted octanol–water partition coefficient (Wildman–Crippen LogP) is 6.90. The summed E-state index contributed by atoms with van der Waals surface area (Å²) in [6.45, 7) is 6.78. The SMILES string of the molecule is CCOC(=O)C(=Cc1cnc(C(C)CC)n1-c1ccc(OC)cc1OCc1ccccc1)Cc1cc2c(cc1OC)OCO2. The summed E-state index contributed by atoms with van der Waals surface area (Å²) < 4.78 is 36.2. The average Bonchev–Trinajstić information content (AvgIpc) is 3.69. The molecule has 0 fully saturated rings. The molecule has 44 heavy (non-hydrogen) atoms. The van der Waals surface area contributed by atoms with Crippen molar-refractivity contribution in [2.45, 2.75) is 46.1 Å². The fourth-order valence-electron chi connectivity index (χ4n) is 5.01. The fourth-order valence-corrected chi connectivity index (χ4v) is 5.01. The van der Waals surface area contributed by atoms with Gasteiger partial charge in [-0.1, -0.05) is 44.2 Å². The van der Waals surface area contributed by atoms with Gasteiger partial charge in [0.05, 0.1) is 38.4 Å². The number of rotatable bonds is 13. The second kappa shape index (κ2) is 14.0. The number of hydrogen-bond acceptors (Lipinski definition) is 8. The zero-order valence-corrected chi connectivity index (χ0v) is 25.8. The van der Waals surface area contributed by atoms with E-state index in [1.54, 1.807) is 33.4 Å². The Morgan fingerprint density at radius 3 is 2.48 bits per heavy atom. The summed E-state index contributed by atoms with van der Waals surface area (Å²) in [5.74, 6) is 3.63. The second-order valence-electron chi connectivity index (χ2n) is 10.4. The molecule has 9 nitrogen and oxygen atoms in total. The van der Waals surface area contributed by atoms with E-state index < -0.39 is 5.97 Å². The van der Waals surface area contributed by atoms with E-state index in [4.69, 9.17) is 33.4 Å². The van der Waals surface area contributed by atoms with E-state index in [1.807, 2.05) is 65.2 Å². The molecule has 0 N–H and O–H groups in total. The van der Waals surface area contributed by atoms with Gasteiger partial charge in [0.2, 0.25) is 6.79 Å². The van der Waals surface area contributed by atoms with Gasteiger partial charge in [0.1, 0.15) is 29.7 Å². The van der Waals surface area contributed by atoms with Gasteiger partial charge in [-0.15, -0.1) is 0 Å². The minimum absolute atomic E-state index is 0.126. The molecule has 2 heterocycles. The van der Waals surface area contributed by atoms with Gasteiger partial charge in [-0.05, 0) is 43.2 Å². The number of methoxy groups -OCH3 is 2. The Morgan fingerprint density at radius 2 is 1.77 bits per heavy atom. The standard InChI is InChI=1S/C35H38N2O7/c1-6-23(3)34-36-20-27(37(34)29-14-13-28(39-4)18-31(29)42-21-24-11-9-8-10-12-24)16-26(35(38)41-7-2)15-25-17-32-33(44-22-43-32)19-30(25)40-5/h8-14,16-20,23H,6-7,15,21-22H2,1-5H3. The maximum atomic E-state index is 13.4. The molecule has 3 aromatic carbocycles. The number of carbonyl (C=O) groups excluding carboxylic acids is 1. The van der Waals surface area contributed by atoms with Crippen molar-refractivity contribution >= 4 is 12.0 Å². The van der Waals surface area contributed by atoms with Crippen molar-refractivity contribution in [3.05, 3.63) is 95.1 Å². The Kier molecular flexibility index (Phi) is 9.74. The Labute approximate surface area is 257 Å². The van der Waals surface area contributed by atoms with Crippen molar-refractivity contribution in [1.82, 2.24) is 9.55 Å². The third-order valence-corrected chi connectivity index (χ3v) is 7.53. The number of aromatic nitrogens is 2. The van der Waals surface area contributed by atoms with E-state index in [2.05, 4.69) is 13.8 Å². The molecule has 1 aromatic heterocycles. The molecule has 5 rings (SSSR count). The normalized spacial score (nSPS) is 13.0. The Bertz CT molecular complexity index is 1630. The molecule has 0 saturated carbocycles. The minimum Gasteiger partial charge on any atom is -0.497 e. The van der Waals surface area contributed by atoms with Crippen molar-refractivity contribution in [3.8, 4) is 34.4 Å². The first-order valence-corrected chi connectivity index (χ1v) is 14.7. The fraction of sp³-hybridized carbons (Fsp3) is 0.314. The third-order valence-electron chi connectivity index (χ3n) is 7.53. The summed E-state index contributed by atoms with van der Waals surface area (Å²) >= 11 is 0. The summed E-state index contributed by atoms with van der Waals surface area (Å²) in [5, 5.41) is 0. The first-order chi connectivity index (χ1) is 21.4.